The Kier molecular flexibility index (Phi) is 5.00. The molecule has 2 aromatic carbocycles. The molecule has 0 atom stereocenters. The Morgan fingerprint density at radius 3 is 2.56 bits per heavy atom. The molecule has 2 rings (SSSR count). The van der Waals surface area contributed by atoms with E-state index < -0.39 is 0 Å². The number of nitrogens with one attached hydrogen (secondary N) is 1. The molecular formula is C15H19NO2. The monoisotopic (exact) mass is 245 g/mol. The summed E-state index contributed by atoms with van der Waals surface area (Å²) in [6.07, 6.45) is 0. The summed E-state index contributed by atoms with van der Waals surface area (Å²) in [6.45, 7) is 3.09. The van der Waals surface area contributed by atoms with E-state index >= 15 is 0 Å². The van der Waals surface area contributed by atoms with Gasteiger partial charge in [-0.3, -0.25) is 0 Å². The number of methoxy groups -OCH3 is 1. The normalized spacial score (nSPS) is 10.7. The molecular weight excluding hydrogens is 226 g/mol. The third-order valence-electron chi connectivity index (χ3n) is 2.75. The highest BCUT2D eigenvalue weighted by Crippen LogP contribution is 2.20. The minimum atomic E-state index is 0.669. The summed E-state index contributed by atoms with van der Waals surface area (Å²) in [5.74, 6) is 0.919. The Morgan fingerprint density at radius 2 is 1.72 bits per heavy atom. The van der Waals surface area contributed by atoms with E-state index in [1.54, 1.807) is 7.11 Å². The molecule has 1 N–H and O–H groups in total. The van der Waals surface area contributed by atoms with Gasteiger partial charge in [-0.15, -0.1) is 0 Å². The molecule has 0 bridgehead atoms. The highest BCUT2D eigenvalue weighted by atomic mass is 16.5. The third kappa shape index (κ3) is 3.72. The second-order valence-electron chi connectivity index (χ2n) is 4.10. The van der Waals surface area contributed by atoms with E-state index in [-0.39, 0.29) is 0 Å². The molecule has 0 fully saturated rings. The van der Waals surface area contributed by atoms with Gasteiger partial charge in [-0.1, -0.05) is 30.3 Å². The number of fused-ring (bicyclic) bond motifs is 1. The van der Waals surface area contributed by atoms with Crippen LogP contribution in [0.5, 0.6) is 5.75 Å². The summed E-state index contributed by atoms with van der Waals surface area (Å²) in [5, 5.41) is 5.69. The van der Waals surface area contributed by atoms with Gasteiger partial charge in [0.1, 0.15) is 12.4 Å². The maximum atomic E-state index is 5.69. The maximum Gasteiger partial charge on any atom is 0.120 e. The van der Waals surface area contributed by atoms with Crippen LogP contribution in [0.25, 0.3) is 10.8 Å². The minimum Gasteiger partial charge on any atom is -0.492 e. The Morgan fingerprint density at radius 1 is 0.944 bits per heavy atom. The average molecular weight is 245 g/mol. The molecule has 0 saturated carbocycles. The summed E-state index contributed by atoms with van der Waals surface area (Å²) in [7, 11) is 1.70. The Hall–Kier alpha value is -1.58. The topological polar surface area (TPSA) is 30.5 Å². The Labute approximate surface area is 108 Å². The van der Waals surface area contributed by atoms with Crippen molar-refractivity contribution in [2.75, 3.05) is 33.4 Å². The van der Waals surface area contributed by atoms with Crippen molar-refractivity contribution in [3.05, 3.63) is 42.5 Å². The molecule has 0 amide bonds. The van der Waals surface area contributed by atoms with Gasteiger partial charge in [-0.25, -0.2) is 0 Å². The Bertz CT molecular complexity index is 485. The number of rotatable bonds is 7. The van der Waals surface area contributed by atoms with Crippen molar-refractivity contribution in [1.29, 1.82) is 0 Å². The second kappa shape index (κ2) is 6.99. The standard InChI is InChI=1S/C15H19NO2/c1-17-10-8-16-9-11-18-15-7-6-13-4-2-3-5-14(13)12-15/h2-7,12,16H,8-11H2,1H3. The number of hydrogen-bond acceptors (Lipinski definition) is 3. The first-order chi connectivity index (χ1) is 8.90. The largest absolute Gasteiger partial charge is 0.492 e. The van der Waals surface area contributed by atoms with Gasteiger partial charge >= 0.3 is 0 Å². The predicted molar refractivity (Wildman–Crippen MR) is 74.2 cm³/mol. The highest BCUT2D eigenvalue weighted by molar-refractivity contribution is 5.83. The minimum absolute atomic E-state index is 0.669. The van der Waals surface area contributed by atoms with Crippen LogP contribution in [0.15, 0.2) is 42.5 Å². The van der Waals surface area contributed by atoms with Gasteiger partial charge in [0.2, 0.25) is 0 Å². The summed E-state index contributed by atoms with van der Waals surface area (Å²) in [6, 6.07) is 14.5. The van der Waals surface area contributed by atoms with Gasteiger partial charge < -0.3 is 14.8 Å². The van der Waals surface area contributed by atoms with Crippen molar-refractivity contribution in [2.45, 2.75) is 0 Å². The van der Waals surface area contributed by atoms with E-state index in [9.17, 15) is 0 Å². The zero-order valence-corrected chi connectivity index (χ0v) is 10.7. The van der Waals surface area contributed by atoms with Crippen molar-refractivity contribution < 1.29 is 9.47 Å². The molecule has 0 unspecified atom stereocenters. The molecule has 0 aliphatic carbocycles. The first kappa shape index (κ1) is 12.9. The van der Waals surface area contributed by atoms with Crippen LogP contribution in [0, 0.1) is 0 Å². The van der Waals surface area contributed by atoms with Crippen molar-refractivity contribution in [3.63, 3.8) is 0 Å². The Balaban J connectivity index is 1.81. The zero-order valence-electron chi connectivity index (χ0n) is 10.7. The van der Waals surface area contributed by atoms with Gasteiger partial charge in [-0.05, 0) is 22.9 Å². The molecule has 0 aliphatic heterocycles. The third-order valence-corrected chi connectivity index (χ3v) is 2.75. The van der Waals surface area contributed by atoms with E-state index in [0.29, 0.717) is 6.61 Å². The number of hydrogen-bond donors (Lipinski definition) is 1. The molecule has 3 nitrogen and oxygen atoms in total. The second-order valence-corrected chi connectivity index (χ2v) is 4.10. The highest BCUT2D eigenvalue weighted by Gasteiger charge is 1.96. The number of benzene rings is 2. The summed E-state index contributed by atoms with van der Waals surface area (Å²) < 4.78 is 10.6. The fourth-order valence-electron chi connectivity index (χ4n) is 1.80. The van der Waals surface area contributed by atoms with Crippen LogP contribution in [0.3, 0.4) is 0 Å². The molecule has 0 heterocycles. The van der Waals surface area contributed by atoms with E-state index in [4.69, 9.17) is 9.47 Å². The van der Waals surface area contributed by atoms with Gasteiger partial charge in [-0.2, -0.15) is 0 Å². The van der Waals surface area contributed by atoms with Crippen LogP contribution in [-0.2, 0) is 4.74 Å². The zero-order chi connectivity index (χ0) is 12.6. The van der Waals surface area contributed by atoms with E-state index in [1.165, 1.54) is 10.8 Å². The lowest BCUT2D eigenvalue weighted by molar-refractivity contribution is 0.197. The molecule has 0 spiro atoms. The van der Waals surface area contributed by atoms with Crippen molar-refractivity contribution in [3.8, 4) is 5.75 Å². The predicted octanol–water partition coefficient (Wildman–Crippen LogP) is 2.45. The molecule has 2 aromatic rings. The summed E-state index contributed by atoms with van der Waals surface area (Å²) >= 11 is 0. The molecule has 0 aromatic heterocycles. The summed E-state index contributed by atoms with van der Waals surface area (Å²) in [5.41, 5.74) is 0. The van der Waals surface area contributed by atoms with Crippen LogP contribution >= 0.6 is 0 Å². The summed E-state index contributed by atoms with van der Waals surface area (Å²) in [4.78, 5) is 0. The van der Waals surface area contributed by atoms with E-state index in [1.807, 2.05) is 18.2 Å². The average Bonchev–Trinajstić information content (AvgIpc) is 2.42. The van der Waals surface area contributed by atoms with Gasteiger partial charge in [0.15, 0.2) is 0 Å². The lowest BCUT2D eigenvalue weighted by Gasteiger charge is -2.08. The van der Waals surface area contributed by atoms with Crippen molar-refractivity contribution >= 4 is 10.8 Å². The van der Waals surface area contributed by atoms with Crippen LogP contribution in [-0.4, -0.2) is 33.4 Å². The van der Waals surface area contributed by atoms with Gasteiger partial charge in [0.25, 0.3) is 0 Å². The molecule has 3 heteroatoms. The molecule has 18 heavy (non-hydrogen) atoms. The van der Waals surface area contributed by atoms with Crippen LogP contribution < -0.4 is 10.1 Å². The smallest absolute Gasteiger partial charge is 0.120 e. The van der Waals surface area contributed by atoms with E-state index in [0.717, 1.165) is 25.4 Å². The van der Waals surface area contributed by atoms with Crippen LogP contribution in [0.4, 0.5) is 0 Å². The maximum absolute atomic E-state index is 5.69. The molecule has 0 radical (unpaired) electrons. The first-order valence-corrected chi connectivity index (χ1v) is 6.21. The lowest BCUT2D eigenvalue weighted by atomic mass is 10.1. The molecule has 0 aliphatic rings. The van der Waals surface area contributed by atoms with Crippen molar-refractivity contribution in [1.82, 2.24) is 5.32 Å². The van der Waals surface area contributed by atoms with Crippen LogP contribution in [0.2, 0.25) is 0 Å². The van der Waals surface area contributed by atoms with Crippen molar-refractivity contribution in [2.24, 2.45) is 0 Å². The van der Waals surface area contributed by atoms with Crippen LogP contribution in [0.1, 0.15) is 0 Å². The quantitative estimate of drug-likeness (QED) is 0.760. The lowest BCUT2D eigenvalue weighted by Crippen LogP contribution is -2.24. The number of ether oxygens (including phenoxy) is 2. The fraction of sp³-hybridized carbons (Fsp3) is 0.333. The van der Waals surface area contributed by atoms with Gasteiger partial charge in [0.05, 0.1) is 6.61 Å². The van der Waals surface area contributed by atoms with Gasteiger partial charge in [0, 0.05) is 20.2 Å². The first-order valence-electron chi connectivity index (χ1n) is 6.21. The van der Waals surface area contributed by atoms with E-state index in [2.05, 4.69) is 29.6 Å². The molecule has 96 valence electrons. The fourth-order valence-corrected chi connectivity index (χ4v) is 1.80. The SMILES string of the molecule is COCCNCCOc1ccc2ccccc2c1. The molecule has 0 saturated heterocycles.